The predicted molar refractivity (Wildman–Crippen MR) is 57.7 cm³/mol. The molecule has 4 heteroatoms. The van der Waals surface area contributed by atoms with Gasteiger partial charge in [0.1, 0.15) is 6.04 Å². The van der Waals surface area contributed by atoms with E-state index in [2.05, 4.69) is 10.6 Å². The van der Waals surface area contributed by atoms with Crippen LogP contribution in [0.5, 0.6) is 0 Å². The molecule has 0 aliphatic carbocycles. The molecule has 0 aromatic heterocycles. The van der Waals surface area contributed by atoms with Crippen molar-refractivity contribution < 1.29 is 9.90 Å². The number of hydrogen-bond acceptors (Lipinski definition) is 3. The number of carbonyl (C=O) groups is 1. The van der Waals surface area contributed by atoms with Gasteiger partial charge in [-0.25, -0.2) is 0 Å². The van der Waals surface area contributed by atoms with E-state index in [0.29, 0.717) is 11.8 Å². The van der Waals surface area contributed by atoms with Gasteiger partial charge in [-0.3, -0.25) is 4.79 Å². The molecule has 2 aliphatic heterocycles. The Morgan fingerprint density at radius 2 is 2.07 bits per heavy atom. The minimum atomic E-state index is -0.691. The third-order valence-corrected chi connectivity index (χ3v) is 3.74. The highest BCUT2D eigenvalue weighted by Gasteiger charge is 2.31. The van der Waals surface area contributed by atoms with Crippen LogP contribution >= 0.6 is 0 Å². The molecule has 2 aliphatic rings. The highest BCUT2D eigenvalue weighted by atomic mass is 16.4. The maximum Gasteiger partial charge on any atom is 0.320 e. The van der Waals surface area contributed by atoms with E-state index in [-0.39, 0.29) is 6.04 Å². The van der Waals surface area contributed by atoms with Crippen molar-refractivity contribution in [2.24, 2.45) is 11.8 Å². The monoisotopic (exact) mass is 212 g/mol. The number of carboxylic acid groups (broad SMARTS) is 1. The summed E-state index contributed by atoms with van der Waals surface area (Å²) in [6.45, 7) is 3.07. The first-order valence-electron chi connectivity index (χ1n) is 5.94. The van der Waals surface area contributed by atoms with Gasteiger partial charge >= 0.3 is 5.97 Å². The lowest BCUT2D eigenvalue weighted by atomic mass is 9.78. The minimum Gasteiger partial charge on any atom is -0.480 e. The summed E-state index contributed by atoms with van der Waals surface area (Å²) < 4.78 is 0. The van der Waals surface area contributed by atoms with Crippen molar-refractivity contribution >= 4 is 5.97 Å². The fourth-order valence-electron chi connectivity index (χ4n) is 2.84. The lowest BCUT2D eigenvalue weighted by Crippen LogP contribution is -2.47. The lowest BCUT2D eigenvalue weighted by molar-refractivity contribution is -0.140. The van der Waals surface area contributed by atoms with Crippen molar-refractivity contribution in [2.75, 3.05) is 19.6 Å². The smallest absolute Gasteiger partial charge is 0.320 e. The first kappa shape index (κ1) is 10.9. The zero-order chi connectivity index (χ0) is 10.7. The van der Waals surface area contributed by atoms with Crippen molar-refractivity contribution in [3.63, 3.8) is 0 Å². The topological polar surface area (TPSA) is 61.4 Å². The van der Waals surface area contributed by atoms with E-state index in [9.17, 15) is 4.79 Å². The van der Waals surface area contributed by atoms with E-state index in [1.807, 2.05) is 0 Å². The number of piperidine rings is 2. The Hall–Kier alpha value is -0.610. The highest BCUT2D eigenvalue weighted by molar-refractivity contribution is 5.73. The van der Waals surface area contributed by atoms with Gasteiger partial charge in [-0.05, 0) is 57.2 Å². The maximum atomic E-state index is 10.9. The fourth-order valence-corrected chi connectivity index (χ4v) is 2.84. The molecule has 0 amide bonds. The number of rotatable bonds is 2. The Balaban J connectivity index is 1.88. The summed E-state index contributed by atoms with van der Waals surface area (Å²) in [5.41, 5.74) is 0. The number of carboxylic acids is 1. The van der Waals surface area contributed by atoms with Crippen LogP contribution in [0.4, 0.5) is 0 Å². The summed E-state index contributed by atoms with van der Waals surface area (Å²) >= 11 is 0. The molecule has 2 fully saturated rings. The minimum absolute atomic E-state index is 0.314. The summed E-state index contributed by atoms with van der Waals surface area (Å²) in [5.74, 6) is 0.603. The summed E-state index contributed by atoms with van der Waals surface area (Å²) in [6.07, 6.45) is 4.45. The molecule has 15 heavy (non-hydrogen) atoms. The normalized spacial score (nSPS) is 37.5. The van der Waals surface area contributed by atoms with Gasteiger partial charge in [-0.1, -0.05) is 0 Å². The molecule has 3 unspecified atom stereocenters. The number of hydrogen-bond donors (Lipinski definition) is 3. The Morgan fingerprint density at radius 1 is 1.20 bits per heavy atom. The lowest BCUT2D eigenvalue weighted by Gasteiger charge is -2.35. The fraction of sp³-hybridized carbons (Fsp3) is 0.909. The van der Waals surface area contributed by atoms with Crippen LogP contribution in [0.3, 0.4) is 0 Å². The van der Waals surface area contributed by atoms with Crippen LogP contribution in [0.2, 0.25) is 0 Å². The van der Waals surface area contributed by atoms with Gasteiger partial charge in [-0.15, -0.1) is 0 Å². The van der Waals surface area contributed by atoms with E-state index in [1.165, 1.54) is 12.8 Å². The average Bonchev–Trinajstić information content (AvgIpc) is 2.30. The molecule has 4 nitrogen and oxygen atoms in total. The summed E-state index contributed by atoms with van der Waals surface area (Å²) in [7, 11) is 0. The number of nitrogens with one attached hydrogen (secondary N) is 2. The summed E-state index contributed by atoms with van der Waals surface area (Å²) in [4.78, 5) is 10.9. The second-order valence-electron chi connectivity index (χ2n) is 4.74. The zero-order valence-electron chi connectivity index (χ0n) is 9.04. The van der Waals surface area contributed by atoms with Crippen LogP contribution in [0.25, 0.3) is 0 Å². The molecule has 2 rings (SSSR count). The molecule has 0 spiro atoms. The third-order valence-electron chi connectivity index (χ3n) is 3.74. The Bertz CT molecular complexity index is 227. The van der Waals surface area contributed by atoms with E-state index in [0.717, 1.165) is 32.5 Å². The maximum absolute atomic E-state index is 10.9. The molecule has 2 saturated heterocycles. The molecule has 3 N–H and O–H groups in total. The molecule has 0 aromatic carbocycles. The van der Waals surface area contributed by atoms with Crippen molar-refractivity contribution in [3.05, 3.63) is 0 Å². The molecule has 86 valence electrons. The highest BCUT2D eigenvalue weighted by Crippen LogP contribution is 2.29. The van der Waals surface area contributed by atoms with Gasteiger partial charge in [0.2, 0.25) is 0 Å². The van der Waals surface area contributed by atoms with Gasteiger partial charge < -0.3 is 15.7 Å². The van der Waals surface area contributed by atoms with Crippen LogP contribution in [-0.4, -0.2) is 36.8 Å². The quantitative estimate of drug-likeness (QED) is 0.621. The molecule has 3 atom stereocenters. The molecule has 0 saturated carbocycles. The Kier molecular flexibility index (Phi) is 3.59. The summed E-state index contributed by atoms with van der Waals surface area (Å²) in [5, 5.41) is 15.5. The van der Waals surface area contributed by atoms with Gasteiger partial charge in [0, 0.05) is 0 Å². The summed E-state index contributed by atoms with van der Waals surface area (Å²) in [6, 6.07) is -0.314. The molecular formula is C11H20N2O2. The average molecular weight is 212 g/mol. The van der Waals surface area contributed by atoms with E-state index in [4.69, 9.17) is 5.11 Å². The standard InChI is InChI=1S/C11H20N2O2/c14-11(15)10-6-8(3-5-13-10)9-2-1-4-12-7-9/h8-10,12-13H,1-7H2,(H,14,15). The van der Waals surface area contributed by atoms with Crippen LogP contribution < -0.4 is 10.6 Å². The molecule has 0 radical (unpaired) electrons. The Labute approximate surface area is 90.4 Å². The van der Waals surface area contributed by atoms with Crippen molar-refractivity contribution in [1.82, 2.24) is 10.6 Å². The third kappa shape index (κ3) is 2.69. The van der Waals surface area contributed by atoms with Crippen LogP contribution in [0.15, 0.2) is 0 Å². The van der Waals surface area contributed by atoms with Crippen molar-refractivity contribution in [3.8, 4) is 0 Å². The first-order chi connectivity index (χ1) is 7.27. The van der Waals surface area contributed by atoms with Crippen molar-refractivity contribution in [1.29, 1.82) is 0 Å². The van der Waals surface area contributed by atoms with E-state index in [1.54, 1.807) is 0 Å². The second-order valence-corrected chi connectivity index (χ2v) is 4.74. The van der Waals surface area contributed by atoms with E-state index < -0.39 is 5.97 Å². The predicted octanol–water partition coefficient (Wildman–Crippen LogP) is 0.439. The SMILES string of the molecule is O=C(O)C1CC(C2CCCNC2)CCN1. The second kappa shape index (κ2) is 4.94. The van der Waals surface area contributed by atoms with Gasteiger partial charge in [0.25, 0.3) is 0 Å². The van der Waals surface area contributed by atoms with E-state index >= 15 is 0 Å². The van der Waals surface area contributed by atoms with Crippen LogP contribution in [-0.2, 0) is 4.79 Å². The molecule has 2 heterocycles. The van der Waals surface area contributed by atoms with Crippen LogP contribution in [0.1, 0.15) is 25.7 Å². The van der Waals surface area contributed by atoms with Gasteiger partial charge in [-0.2, -0.15) is 0 Å². The molecule has 0 bridgehead atoms. The molecular weight excluding hydrogens is 192 g/mol. The largest absolute Gasteiger partial charge is 0.480 e. The number of aliphatic carboxylic acids is 1. The van der Waals surface area contributed by atoms with Crippen LogP contribution in [0, 0.1) is 11.8 Å². The van der Waals surface area contributed by atoms with Gasteiger partial charge in [0.15, 0.2) is 0 Å². The first-order valence-corrected chi connectivity index (χ1v) is 5.94. The zero-order valence-corrected chi connectivity index (χ0v) is 9.04. The molecule has 0 aromatic rings. The Morgan fingerprint density at radius 3 is 2.73 bits per heavy atom. The van der Waals surface area contributed by atoms with Crippen molar-refractivity contribution in [2.45, 2.75) is 31.7 Å². The van der Waals surface area contributed by atoms with Gasteiger partial charge in [0.05, 0.1) is 0 Å².